The molecule has 0 saturated carbocycles. The Morgan fingerprint density at radius 1 is 1.44 bits per heavy atom. The van der Waals surface area contributed by atoms with Crippen LogP contribution in [0.3, 0.4) is 0 Å². The minimum absolute atomic E-state index is 0.0228. The van der Waals surface area contributed by atoms with E-state index in [1.165, 1.54) is 12.8 Å². The summed E-state index contributed by atoms with van der Waals surface area (Å²) < 4.78 is 0. The van der Waals surface area contributed by atoms with E-state index in [1.54, 1.807) is 0 Å². The number of hydrogen-bond acceptors (Lipinski definition) is 2. The van der Waals surface area contributed by atoms with Crippen LogP contribution in [0.5, 0.6) is 0 Å². The second kappa shape index (κ2) is 5.87. The second-order valence-electron chi connectivity index (χ2n) is 6.37. The van der Waals surface area contributed by atoms with E-state index in [9.17, 15) is 4.79 Å². The molecular weight excluding hydrogens is 224 g/mol. The molecule has 1 saturated heterocycles. The summed E-state index contributed by atoms with van der Waals surface area (Å²) in [4.78, 5) is 12.3. The fraction of sp³-hybridized carbons (Fsp3) is 0.800. The van der Waals surface area contributed by atoms with Crippen molar-refractivity contribution in [1.82, 2.24) is 10.6 Å². The molecule has 2 aliphatic rings. The summed E-state index contributed by atoms with van der Waals surface area (Å²) in [5, 5.41) is 6.51. The van der Waals surface area contributed by atoms with Gasteiger partial charge in [0.1, 0.15) is 0 Å². The molecule has 102 valence electrons. The van der Waals surface area contributed by atoms with Crippen molar-refractivity contribution >= 4 is 5.91 Å². The molecule has 3 heteroatoms. The van der Waals surface area contributed by atoms with Gasteiger partial charge in [-0.25, -0.2) is 0 Å². The van der Waals surface area contributed by atoms with E-state index in [0.29, 0.717) is 5.92 Å². The van der Waals surface area contributed by atoms with Crippen LogP contribution in [0.1, 0.15) is 46.0 Å². The topological polar surface area (TPSA) is 41.1 Å². The average Bonchev–Trinajstić information content (AvgIpc) is 2.37. The SMILES string of the molecule is CC1(C)CCCNC1C(=O)NCC1CC=CCC1. The highest BCUT2D eigenvalue weighted by molar-refractivity contribution is 5.82. The zero-order valence-electron chi connectivity index (χ0n) is 11.7. The van der Waals surface area contributed by atoms with E-state index in [-0.39, 0.29) is 17.4 Å². The molecular formula is C15H26N2O. The van der Waals surface area contributed by atoms with Gasteiger partial charge in [-0.2, -0.15) is 0 Å². The summed E-state index contributed by atoms with van der Waals surface area (Å²) >= 11 is 0. The maximum Gasteiger partial charge on any atom is 0.237 e. The molecule has 0 bridgehead atoms. The largest absolute Gasteiger partial charge is 0.354 e. The number of rotatable bonds is 3. The van der Waals surface area contributed by atoms with Crippen molar-refractivity contribution in [2.24, 2.45) is 11.3 Å². The molecule has 0 aromatic carbocycles. The van der Waals surface area contributed by atoms with Crippen molar-refractivity contribution in [1.29, 1.82) is 0 Å². The number of nitrogens with one attached hydrogen (secondary N) is 2. The predicted octanol–water partition coefficient (Wildman–Crippen LogP) is 2.24. The average molecular weight is 250 g/mol. The molecule has 0 aromatic rings. The molecule has 1 aliphatic heterocycles. The summed E-state index contributed by atoms with van der Waals surface area (Å²) in [6.07, 6.45) is 10.3. The van der Waals surface area contributed by atoms with Gasteiger partial charge in [0.2, 0.25) is 5.91 Å². The van der Waals surface area contributed by atoms with E-state index in [1.807, 2.05) is 0 Å². The maximum absolute atomic E-state index is 12.3. The highest BCUT2D eigenvalue weighted by atomic mass is 16.2. The molecule has 18 heavy (non-hydrogen) atoms. The van der Waals surface area contributed by atoms with Crippen molar-refractivity contribution in [2.45, 2.75) is 52.0 Å². The fourth-order valence-electron chi connectivity index (χ4n) is 3.05. The van der Waals surface area contributed by atoms with Crippen LogP contribution >= 0.6 is 0 Å². The lowest BCUT2D eigenvalue weighted by molar-refractivity contribution is -0.127. The van der Waals surface area contributed by atoms with Crippen LogP contribution in [0.2, 0.25) is 0 Å². The molecule has 3 nitrogen and oxygen atoms in total. The monoisotopic (exact) mass is 250 g/mol. The molecule has 0 spiro atoms. The lowest BCUT2D eigenvalue weighted by atomic mass is 9.77. The lowest BCUT2D eigenvalue weighted by Crippen LogP contribution is -2.56. The van der Waals surface area contributed by atoms with E-state index >= 15 is 0 Å². The Bertz CT molecular complexity index is 322. The van der Waals surface area contributed by atoms with Gasteiger partial charge in [0.05, 0.1) is 6.04 Å². The standard InChI is InChI=1S/C15H26N2O/c1-15(2)9-6-10-16-13(15)14(18)17-11-12-7-4-3-5-8-12/h3-4,12-13,16H,5-11H2,1-2H3,(H,17,18). The molecule has 0 radical (unpaired) electrons. The third kappa shape index (κ3) is 3.35. The Labute approximate surface area is 110 Å². The Morgan fingerprint density at radius 3 is 2.94 bits per heavy atom. The van der Waals surface area contributed by atoms with Gasteiger partial charge in [-0.15, -0.1) is 0 Å². The minimum Gasteiger partial charge on any atom is -0.354 e. The number of amides is 1. The Hall–Kier alpha value is -0.830. The third-order valence-electron chi connectivity index (χ3n) is 4.33. The molecule has 2 rings (SSSR count). The van der Waals surface area contributed by atoms with Gasteiger partial charge in [0.15, 0.2) is 0 Å². The van der Waals surface area contributed by atoms with Crippen molar-refractivity contribution in [3.05, 3.63) is 12.2 Å². The van der Waals surface area contributed by atoms with Gasteiger partial charge < -0.3 is 10.6 Å². The van der Waals surface area contributed by atoms with Crippen molar-refractivity contribution in [2.75, 3.05) is 13.1 Å². The first-order chi connectivity index (χ1) is 8.59. The minimum atomic E-state index is -0.0228. The smallest absolute Gasteiger partial charge is 0.237 e. The van der Waals surface area contributed by atoms with Crippen molar-refractivity contribution in [3.63, 3.8) is 0 Å². The maximum atomic E-state index is 12.3. The summed E-state index contributed by atoms with van der Waals surface area (Å²) in [6, 6.07) is -0.0228. The van der Waals surface area contributed by atoms with Gasteiger partial charge in [0, 0.05) is 6.54 Å². The van der Waals surface area contributed by atoms with Crippen LogP contribution in [0.25, 0.3) is 0 Å². The predicted molar refractivity (Wildman–Crippen MR) is 74.3 cm³/mol. The fourth-order valence-corrected chi connectivity index (χ4v) is 3.05. The molecule has 2 unspecified atom stereocenters. The molecule has 2 atom stereocenters. The van der Waals surface area contributed by atoms with Crippen LogP contribution in [-0.4, -0.2) is 25.0 Å². The van der Waals surface area contributed by atoms with Crippen LogP contribution in [0, 0.1) is 11.3 Å². The van der Waals surface area contributed by atoms with Gasteiger partial charge in [-0.1, -0.05) is 26.0 Å². The first kappa shape index (κ1) is 13.6. The van der Waals surface area contributed by atoms with Crippen molar-refractivity contribution in [3.8, 4) is 0 Å². The molecule has 1 fully saturated rings. The molecule has 1 amide bonds. The molecule has 0 aromatic heterocycles. The normalized spacial score (nSPS) is 31.0. The van der Waals surface area contributed by atoms with Gasteiger partial charge in [0.25, 0.3) is 0 Å². The zero-order valence-corrected chi connectivity index (χ0v) is 11.7. The number of carbonyl (C=O) groups excluding carboxylic acids is 1. The van der Waals surface area contributed by atoms with E-state index in [2.05, 4.69) is 36.6 Å². The zero-order chi connectivity index (χ0) is 13.0. The number of carbonyl (C=O) groups is 1. The first-order valence-electron chi connectivity index (χ1n) is 7.26. The van der Waals surface area contributed by atoms with Gasteiger partial charge in [-0.05, 0) is 50.0 Å². The van der Waals surface area contributed by atoms with Gasteiger partial charge >= 0.3 is 0 Å². The van der Waals surface area contributed by atoms with Crippen LogP contribution in [-0.2, 0) is 4.79 Å². The summed E-state index contributed by atoms with van der Waals surface area (Å²) in [5.74, 6) is 0.819. The van der Waals surface area contributed by atoms with Crippen LogP contribution in [0.4, 0.5) is 0 Å². The summed E-state index contributed by atoms with van der Waals surface area (Å²) in [6.45, 7) is 6.17. The second-order valence-corrected chi connectivity index (χ2v) is 6.37. The summed E-state index contributed by atoms with van der Waals surface area (Å²) in [7, 11) is 0. The van der Waals surface area contributed by atoms with Crippen LogP contribution < -0.4 is 10.6 Å². The van der Waals surface area contributed by atoms with E-state index in [4.69, 9.17) is 0 Å². The highest BCUT2D eigenvalue weighted by Crippen LogP contribution is 2.30. The lowest BCUT2D eigenvalue weighted by Gasteiger charge is -2.38. The molecule has 1 heterocycles. The Balaban J connectivity index is 1.81. The molecule has 1 aliphatic carbocycles. The Morgan fingerprint density at radius 2 is 2.28 bits per heavy atom. The Kier molecular flexibility index (Phi) is 4.44. The van der Waals surface area contributed by atoms with Crippen LogP contribution in [0.15, 0.2) is 12.2 Å². The highest BCUT2D eigenvalue weighted by Gasteiger charge is 2.36. The number of allylic oxidation sites excluding steroid dienone is 2. The quantitative estimate of drug-likeness (QED) is 0.754. The molecule has 2 N–H and O–H groups in total. The van der Waals surface area contributed by atoms with E-state index < -0.39 is 0 Å². The summed E-state index contributed by atoms with van der Waals surface area (Å²) in [5.41, 5.74) is 0.0782. The van der Waals surface area contributed by atoms with E-state index in [0.717, 1.165) is 32.4 Å². The van der Waals surface area contributed by atoms with Gasteiger partial charge in [-0.3, -0.25) is 4.79 Å². The third-order valence-corrected chi connectivity index (χ3v) is 4.33. The number of piperidine rings is 1. The first-order valence-corrected chi connectivity index (χ1v) is 7.26. The van der Waals surface area contributed by atoms with Crippen molar-refractivity contribution < 1.29 is 4.79 Å². The number of hydrogen-bond donors (Lipinski definition) is 2.